The molecule has 9 heteroatoms. The summed E-state index contributed by atoms with van der Waals surface area (Å²) in [4.78, 5) is 19.9. The normalized spacial score (nSPS) is 12.8. The second-order valence-electron chi connectivity index (χ2n) is 9.39. The maximum atomic E-state index is 6.10. The zero-order valence-corrected chi connectivity index (χ0v) is 26.6. The summed E-state index contributed by atoms with van der Waals surface area (Å²) in [6, 6.07) is 36.0. The molecule has 4 aromatic carbocycles. The van der Waals surface area contributed by atoms with Crippen LogP contribution in [0.15, 0.2) is 157 Å². The predicted octanol–water partition coefficient (Wildman–Crippen LogP) is 9.11. The van der Waals surface area contributed by atoms with E-state index in [9.17, 15) is 0 Å². The largest absolute Gasteiger partial charge is 0.368 e. The molecule has 0 heterocycles. The number of allylic oxidation sites excluding steroid dienone is 1. The van der Waals surface area contributed by atoms with Gasteiger partial charge in [0.15, 0.2) is 0 Å². The summed E-state index contributed by atoms with van der Waals surface area (Å²) in [5.41, 5.74) is 11.6. The molecule has 0 radical (unpaired) electrons. The van der Waals surface area contributed by atoms with E-state index in [1.165, 1.54) is 0 Å². The van der Waals surface area contributed by atoms with Crippen LogP contribution in [0, 0.1) is 0 Å². The molecular weight excluding hydrogens is 583 g/mol. The Bertz CT molecular complexity index is 1710. The van der Waals surface area contributed by atoms with Crippen LogP contribution in [0.3, 0.4) is 0 Å². The van der Waals surface area contributed by atoms with Gasteiger partial charge in [0, 0.05) is 15.5 Å². The number of aliphatic imine (C=N–C) groups is 4. The molecule has 222 valence electrons. The van der Waals surface area contributed by atoms with Crippen LogP contribution in [-0.4, -0.2) is 23.8 Å². The lowest BCUT2D eigenvalue weighted by molar-refractivity contribution is 1.26. The number of hydrogen-bond acceptors (Lipinski definition) is 5. The van der Waals surface area contributed by atoms with Crippen molar-refractivity contribution >= 4 is 62.5 Å². The van der Waals surface area contributed by atoms with Gasteiger partial charge in [-0.3, -0.25) is 0 Å². The zero-order chi connectivity index (χ0) is 31.1. The summed E-state index contributed by atoms with van der Waals surface area (Å²) < 4.78 is 0. The molecule has 0 aromatic heterocycles. The summed E-state index contributed by atoms with van der Waals surface area (Å²) in [7, 11) is 3.26. The highest BCUT2D eigenvalue weighted by Gasteiger charge is 2.09. The van der Waals surface area contributed by atoms with Crippen LogP contribution in [-0.2, 0) is 0 Å². The third-order valence-corrected chi connectivity index (χ3v) is 8.59. The molecule has 44 heavy (non-hydrogen) atoms. The number of benzene rings is 4. The third-order valence-electron chi connectivity index (χ3n) is 6.10. The first-order chi connectivity index (χ1) is 21.4. The van der Waals surface area contributed by atoms with E-state index in [0.29, 0.717) is 5.82 Å². The number of nitrogens with one attached hydrogen (secondary N) is 2. The van der Waals surface area contributed by atoms with Crippen molar-refractivity contribution in [1.82, 2.24) is 0 Å². The first-order valence-corrected chi connectivity index (χ1v) is 16.1. The van der Waals surface area contributed by atoms with E-state index in [2.05, 4.69) is 43.2 Å². The van der Waals surface area contributed by atoms with Gasteiger partial charge in [-0.1, -0.05) is 119 Å². The van der Waals surface area contributed by atoms with E-state index in [4.69, 9.17) is 5.73 Å². The molecule has 0 spiro atoms. The van der Waals surface area contributed by atoms with Gasteiger partial charge in [-0.25, -0.2) is 15.0 Å². The number of nitrogens with zero attached hydrogens (tertiary/aromatic N) is 4. The monoisotopic (exact) mass is 617 g/mol. The minimum atomic E-state index is 0.132. The average molecular weight is 618 g/mol. The Labute approximate surface area is 267 Å². The highest BCUT2D eigenvalue weighted by Crippen LogP contribution is 2.43. The number of anilines is 2. The Hall–Kier alpha value is -4.86. The molecule has 4 rings (SSSR count). The molecule has 0 unspecified atom stereocenters. The van der Waals surface area contributed by atoms with E-state index in [-0.39, 0.29) is 5.96 Å². The third kappa shape index (κ3) is 9.86. The van der Waals surface area contributed by atoms with Crippen molar-refractivity contribution in [3.63, 3.8) is 0 Å². The van der Waals surface area contributed by atoms with Gasteiger partial charge in [-0.15, -0.1) is 0 Å². The summed E-state index contributed by atoms with van der Waals surface area (Å²) >= 11 is 0. The van der Waals surface area contributed by atoms with Crippen molar-refractivity contribution in [2.45, 2.75) is 30.6 Å². The fraction of sp³-hybridized carbons (Fsp3) is 0.0857. The first-order valence-electron chi connectivity index (χ1n) is 13.9. The van der Waals surface area contributed by atoms with E-state index in [0.717, 1.165) is 49.5 Å². The van der Waals surface area contributed by atoms with Gasteiger partial charge in [0.2, 0.25) is 5.96 Å². The fourth-order valence-electron chi connectivity index (χ4n) is 3.97. The summed E-state index contributed by atoms with van der Waals surface area (Å²) in [6.07, 6.45) is 3.55. The minimum absolute atomic E-state index is 0.132. The van der Waals surface area contributed by atoms with Crippen LogP contribution in [0.5, 0.6) is 0 Å². The van der Waals surface area contributed by atoms with Gasteiger partial charge in [-0.05, 0) is 56.2 Å². The number of hydrogen-bond donors (Lipinski definition) is 3. The Morgan fingerprint density at radius 3 is 1.82 bits per heavy atom. The number of amidine groups is 1. The van der Waals surface area contributed by atoms with Gasteiger partial charge >= 0.3 is 0 Å². The van der Waals surface area contributed by atoms with Crippen molar-refractivity contribution in [1.29, 1.82) is 0 Å². The van der Waals surface area contributed by atoms with E-state index in [1.807, 2.05) is 130 Å². The van der Waals surface area contributed by atoms with Crippen LogP contribution in [0.2, 0.25) is 0 Å². The summed E-state index contributed by atoms with van der Waals surface area (Å²) in [5, 5.41) is 6.67. The molecule has 0 fully saturated rings. The molecule has 0 saturated heterocycles. The maximum Gasteiger partial charge on any atom is 0.222 e. The Morgan fingerprint density at radius 2 is 1.23 bits per heavy atom. The van der Waals surface area contributed by atoms with Crippen LogP contribution >= 0.6 is 21.6 Å². The van der Waals surface area contributed by atoms with Crippen molar-refractivity contribution in [2.24, 2.45) is 25.7 Å². The molecule has 0 bridgehead atoms. The van der Waals surface area contributed by atoms with E-state index < -0.39 is 0 Å². The van der Waals surface area contributed by atoms with Gasteiger partial charge in [0.05, 0.1) is 17.1 Å². The SMILES string of the molecule is C=C(N=C(N)N=C(C)c1ccccc1)Nc1ccccc1SSc1ccccc1NC(C)=NC=N/C(=C/C)c1ccccc1. The maximum absolute atomic E-state index is 6.10. The van der Waals surface area contributed by atoms with Gasteiger partial charge < -0.3 is 16.4 Å². The lowest BCUT2D eigenvalue weighted by Crippen LogP contribution is -2.13. The Kier molecular flexibility index (Phi) is 12.2. The zero-order valence-electron chi connectivity index (χ0n) is 24.9. The number of para-hydroxylation sites is 2. The van der Waals surface area contributed by atoms with Gasteiger partial charge in [0.1, 0.15) is 18.0 Å². The highest BCUT2D eigenvalue weighted by molar-refractivity contribution is 8.76. The Morgan fingerprint density at radius 1 is 0.705 bits per heavy atom. The van der Waals surface area contributed by atoms with Crippen LogP contribution < -0.4 is 16.4 Å². The topological polar surface area (TPSA) is 99.5 Å². The van der Waals surface area contributed by atoms with Crippen molar-refractivity contribution in [2.75, 3.05) is 10.6 Å². The lowest BCUT2D eigenvalue weighted by Gasteiger charge is -2.13. The number of rotatable bonds is 11. The molecule has 0 aliphatic heterocycles. The lowest BCUT2D eigenvalue weighted by atomic mass is 10.1. The van der Waals surface area contributed by atoms with Crippen LogP contribution in [0.4, 0.5) is 11.4 Å². The average Bonchev–Trinajstić information content (AvgIpc) is 3.04. The molecule has 0 atom stereocenters. The summed E-state index contributed by atoms with van der Waals surface area (Å²) in [6.45, 7) is 9.82. The predicted molar refractivity (Wildman–Crippen MR) is 193 cm³/mol. The van der Waals surface area contributed by atoms with Crippen molar-refractivity contribution in [3.05, 3.63) is 139 Å². The van der Waals surface area contributed by atoms with Crippen molar-refractivity contribution in [3.8, 4) is 0 Å². The molecule has 0 saturated carbocycles. The molecule has 4 N–H and O–H groups in total. The molecule has 0 aliphatic rings. The van der Waals surface area contributed by atoms with Crippen molar-refractivity contribution < 1.29 is 0 Å². The molecular formula is C35H35N7S2. The van der Waals surface area contributed by atoms with E-state index >= 15 is 0 Å². The quantitative estimate of drug-likeness (QED) is 0.0886. The second kappa shape index (κ2) is 16.7. The van der Waals surface area contributed by atoms with E-state index in [1.54, 1.807) is 27.9 Å². The minimum Gasteiger partial charge on any atom is -0.368 e. The highest BCUT2D eigenvalue weighted by atomic mass is 33.1. The van der Waals surface area contributed by atoms with Gasteiger partial charge in [0.25, 0.3) is 0 Å². The van der Waals surface area contributed by atoms with Crippen LogP contribution in [0.1, 0.15) is 31.9 Å². The molecule has 0 amide bonds. The smallest absolute Gasteiger partial charge is 0.222 e. The second-order valence-corrected chi connectivity index (χ2v) is 11.6. The Balaban J connectivity index is 1.39. The molecule has 4 aromatic rings. The summed E-state index contributed by atoms with van der Waals surface area (Å²) in [5.74, 6) is 1.26. The number of guanidine groups is 1. The molecule has 0 aliphatic carbocycles. The van der Waals surface area contributed by atoms with Gasteiger partial charge in [-0.2, -0.15) is 4.99 Å². The van der Waals surface area contributed by atoms with Crippen LogP contribution in [0.25, 0.3) is 5.70 Å². The fourth-order valence-corrected chi connectivity index (χ4v) is 6.24. The number of nitrogens with two attached hydrogens (primary N) is 1. The molecule has 7 nitrogen and oxygen atoms in total. The first kappa shape index (κ1) is 32.1. The standard InChI is InChI=1S/C35H35N7S2/c1-5-30(29-18-10-7-11-19-29)38-24-37-26(3)40-31-20-12-14-22-33(31)43-44-34-23-15-13-21-32(34)41-27(4)42-35(36)39-25(2)28-16-8-6-9-17-28/h5-24,41H,4H2,1-3H3,(H2,36,42)(H,37,38,40)/b30-5+,39-25?.